The van der Waals surface area contributed by atoms with Gasteiger partial charge in [-0.3, -0.25) is 0 Å². The van der Waals surface area contributed by atoms with Crippen molar-refractivity contribution >= 4 is 29.3 Å². The van der Waals surface area contributed by atoms with Crippen molar-refractivity contribution in [1.82, 2.24) is 4.98 Å². The van der Waals surface area contributed by atoms with Crippen LogP contribution in [0.3, 0.4) is 0 Å². The summed E-state index contributed by atoms with van der Waals surface area (Å²) in [6.45, 7) is 0.644. The minimum Gasteiger partial charge on any atom is -0.330 e. The number of nitrogens with zero attached hydrogens (tertiary/aromatic N) is 1. The van der Waals surface area contributed by atoms with E-state index in [-0.39, 0.29) is 0 Å². The van der Waals surface area contributed by atoms with Crippen LogP contribution in [0.25, 0.3) is 6.08 Å². The molecule has 2 N–H and O–H groups in total. The van der Waals surface area contributed by atoms with E-state index in [1.807, 2.05) is 12.2 Å². The van der Waals surface area contributed by atoms with Crippen LogP contribution in [0.1, 0.15) is 12.0 Å². The molecule has 1 aromatic heterocycles. The number of nitrogens with two attached hydrogens (primary N) is 1. The smallest absolute Gasteiger partial charge is 0.147 e. The molecule has 1 rings (SSSR count). The van der Waals surface area contributed by atoms with E-state index in [0.29, 0.717) is 16.7 Å². The third-order valence-electron chi connectivity index (χ3n) is 1.46. The molecule has 0 aromatic carbocycles. The lowest BCUT2D eigenvalue weighted by molar-refractivity contribution is 1.01. The molecule has 2 nitrogen and oxygen atoms in total. The van der Waals surface area contributed by atoms with Gasteiger partial charge in [-0.15, -0.1) is 0 Å². The number of aromatic nitrogens is 1. The van der Waals surface area contributed by atoms with Gasteiger partial charge in [0.25, 0.3) is 0 Å². The Balaban J connectivity index is 2.73. The van der Waals surface area contributed by atoms with Crippen molar-refractivity contribution < 1.29 is 0 Å². The fraction of sp³-hybridized carbons (Fsp3) is 0.222. The summed E-state index contributed by atoms with van der Waals surface area (Å²) in [4.78, 5) is 3.91. The lowest BCUT2D eigenvalue weighted by Gasteiger charge is -1.96. The first-order valence-electron chi connectivity index (χ1n) is 3.91. The Labute approximate surface area is 87.4 Å². The molecule has 70 valence electrons. The second kappa shape index (κ2) is 5.22. The van der Waals surface area contributed by atoms with Gasteiger partial charge in [-0.25, -0.2) is 4.98 Å². The Morgan fingerprint density at radius 2 is 2.23 bits per heavy atom. The molecule has 0 atom stereocenters. The van der Waals surface area contributed by atoms with E-state index < -0.39 is 0 Å². The Morgan fingerprint density at radius 1 is 1.46 bits per heavy atom. The number of hydrogen-bond acceptors (Lipinski definition) is 2. The van der Waals surface area contributed by atoms with Gasteiger partial charge in [0.2, 0.25) is 0 Å². The van der Waals surface area contributed by atoms with E-state index in [2.05, 4.69) is 4.98 Å². The minimum absolute atomic E-state index is 0.331. The Kier molecular flexibility index (Phi) is 4.22. The summed E-state index contributed by atoms with van der Waals surface area (Å²) in [6, 6.07) is 1.77. The molecule has 0 saturated heterocycles. The van der Waals surface area contributed by atoms with Gasteiger partial charge in [-0.05, 0) is 24.6 Å². The predicted octanol–water partition coefficient (Wildman–Crippen LogP) is 2.75. The van der Waals surface area contributed by atoms with Crippen LogP contribution in [-0.2, 0) is 0 Å². The Morgan fingerprint density at radius 3 is 2.85 bits per heavy atom. The van der Waals surface area contributed by atoms with Gasteiger partial charge in [0.05, 0.1) is 5.02 Å². The fourth-order valence-electron chi connectivity index (χ4n) is 0.843. The van der Waals surface area contributed by atoms with Crippen LogP contribution in [0.5, 0.6) is 0 Å². The van der Waals surface area contributed by atoms with Crippen molar-refractivity contribution in [2.75, 3.05) is 6.54 Å². The molecule has 0 amide bonds. The molecule has 1 heterocycles. The van der Waals surface area contributed by atoms with Gasteiger partial charge in [0.15, 0.2) is 0 Å². The number of halogens is 2. The normalized spacial score (nSPS) is 11.0. The molecule has 0 fully saturated rings. The highest BCUT2D eigenvalue weighted by Crippen LogP contribution is 2.20. The Bertz CT molecular complexity index is 310. The quantitative estimate of drug-likeness (QED) is 0.790. The molecule has 0 aliphatic carbocycles. The zero-order valence-electron chi connectivity index (χ0n) is 7.00. The van der Waals surface area contributed by atoms with Crippen molar-refractivity contribution in [2.24, 2.45) is 5.73 Å². The van der Waals surface area contributed by atoms with Gasteiger partial charge in [-0.2, -0.15) is 0 Å². The summed E-state index contributed by atoms with van der Waals surface area (Å²) in [7, 11) is 0. The zero-order chi connectivity index (χ0) is 9.68. The van der Waals surface area contributed by atoms with E-state index in [0.717, 1.165) is 12.0 Å². The van der Waals surface area contributed by atoms with Crippen molar-refractivity contribution in [3.05, 3.63) is 34.1 Å². The zero-order valence-corrected chi connectivity index (χ0v) is 8.52. The van der Waals surface area contributed by atoms with E-state index in [9.17, 15) is 0 Å². The van der Waals surface area contributed by atoms with Crippen LogP contribution < -0.4 is 5.73 Å². The van der Waals surface area contributed by atoms with E-state index in [4.69, 9.17) is 28.9 Å². The maximum absolute atomic E-state index is 5.77. The molecule has 0 unspecified atom stereocenters. The van der Waals surface area contributed by atoms with Gasteiger partial charge in [-0.1, -0.05) is 35.4 Å². The molecule has 0 aliphatic rings. The van der Waals surface area contributed by atoms with Gasteiger partial charge >= 0.3 is 0 Å². The lowest BCUT2D eigenvalue weighted by atomic mass is 10.2. The first-order valence-corrected chi connectivity index (χ1v) is 4.67. The summed E-state index contributed by atoms with van der Waals surface area (Å²) in [5.74, 6) is 0. The first kappa shape index (κ1) is 10.5. The summed E-state index contributed by atoms with van der Waals surface area (Å²) in [5, 5.41) is 0.800. The average Bonchev–Trinajstić information content (AvgIpc) is 2.12. The Hall–Kier alpha value is -0.570. The third-order valence-corrected chi connectivity index (χ3v) is 2.15. The third kappa shape index (κ3) is 3.35. The SMILES string of the molecule is NCCC=Cc1cnc(Cl)c(Cl)c1. The summed E-state index contributed by atoms with van der Waals surface area (Å²) < 4.78 is 0. The van der Waals surface area contributed by atoms with E-state index >= 15 is 0 Å². The van der Waals surface area contributed by atoms with Crippen LogP contribution in [0.4, 0.5) is 0 Å². The fourth-order valence-corrected chi connectivity index (χ4v) is 1.12. The van der Waals surface area contributed by atoms with Crippen LogP contribution in [0.15, 0.2) is 18.3 Å². The molecule has 0 aliphatic heterocycles. The monoisotopic (exact) mass is 216 g/mol. The molecular formula is C9H10Cl2N2. The van der Waals surface area contributed by atoms with Crippen LogP contribution in [-0.4, -0.2) is 11.5 Å². The lowest BCUT2D eigenvalue weighted by Crippen LogP contribution is -1.94. The molecule has 13 heavy (non-hydrogen) atoms. The van der Waals surface area contributed by atoms with E-state index in [1.165, 1.54) is 0 Å². The molecule has 0 radical (unpaired) electrons. The van der Waals surface area contributed by atoms with Gasteiger partial charge in [0.1, 0.15) is 5.15 Å². The molecule has 1 aromatic rings. The minimum atomic E-state index is 0.331. The summed E-state index contributed by atoms with van der Waals surface area (Å²) in [6.07, 6.45) is 6.41. The average molecular weight is 217 g/mol. The standard InChI is InChI=1S/C9H10Cl2N2/c10-8-5-7(3-1-2-4-12)6-13-9(8)11/h1,3,5-6H,2,4,12H2. The highest BCUT2D eigenvalue weighted by Gasteiger charge is 1.97. The highest BCUT2D eigenvalue weighted by molar-refractivity contribution is 6.41. The topological polar surface area (TPSA) is 38.9 Å². The second-order valence-electron chi connectivity index (χ2n) is 2.52. The van der Waals surface area contributed by atoms with Gasteiger partial charge < -0.3 is 5.73 Å². The first-order chi connectivity index (χ1) is 6.24. The van der Waals surface area contributed by atoms with E-state index in [1.54, 1.807) is 12.3 Å². The van der Waals surface area contributed by atoms with Crippen molar-refractivity contribution in [3.63, 3.8) is 0 Å². The number of pyridine rings is 1. The van der Waals surface area contributed by atoms with Crippen LogP contribution in [0, 0.1) is 0 Å². The van der Waals surface area contributed by atoms with Crippen LogP contribution >= 0.6 is 23.2 Å². The highest BCUT2D eigenvalue weighted by atomic mass is 35.5. The maximum Gasteiger partial charge on any atom is 0.147 e. The maximum atomic E-state index is 5.77. The molecule has 0 bridgehead atoms. The van der Waals surface area contributed by atoms with Crippen molar-refractivity contribution in [1.29, 1.82) is 0 Å². The molecule has 4 heteroatoms. The molecule has 0 saturated carbocycles. The summed E-state index contributed by atoms with van der Waals surface area (Å²) >= 11 is 11.4. The molecule has 0 spiro atoms. The molecular weight excluding hydrogens is 207 g/mol. The number of hydrogen-bond donors (Lipinski definition) is 1. The van der Waals surface area contributed by atoms with Crippen molar-refractivity contribution in [2.45, 2.75) is 6.42 Å². The van der Waals surface area contributed by atoms with Crippen LogP contribution in [0.2, 0.25) is 10.2 Å². The predicted molar refractivity (Wildman–Crippen MR) is 57.0 cm³/mol. The second-order valence-corrected chi connectivity index (χ2v) is 3.29. The largest absolute Gasteiger partial charge is 0.330 e. The number of rotatable bonds is 3. The summed E-state index contributed by atoms with van der Waals surface area (Å²) in [5.41, 5.74) is 6.27. The van der Waals surface area contributed by atoms with Crippen molar-refractivity contribution in [3.8, 4) is 0 Å². The van der Waals surface area contributed by atoms with Gasteiger partial charge in [0, 0.05) is 6.20 Å².